The van der Waals surface area contributed by atoms with Gasteiger partial charge in [-0.05, 0) is 37.5 Å². The number of benzene rings is 2. The molecule has 0 radical (unpaired) electrons. The van der Waals surface area contributed by atoms with Crippen LogP contribution in [0.1, 0.15) is 37.8 Å². The Bertz CT molecular complexity index is 783. The Morgan fingerprint density at radius 3 is 2.65 bits per heavy atom. The summed E-state index contributed by atoms with van der Waals surface area (Å²) in [5.74, 6) is 0. The highest BCUT2D eigenvalue weighted by molar-refractivity contribution is 5.74. The van der Waals surface area contributed by atoms with Crippen LogP contribution in [0.5, 0.6) is 0 Å². The molecule has 0 N–H and O–H groups in total. The van der Waals surface area contributed by atoms with Crippen LogP contribution in [0.25, 0.3) is 11.0 Å². The van der Waals surface area contributed by atoms with Gasteiger partial charge in [0.1, 0.15) is 5.52 Å². The molecule has 0 bridgehead atoms. The van der Waals surface area contributed by atoms with Gasteiger partial charge in [-0.3, -0.25) is 0 Å². The summed E-state index contributed by atoms with van der Waals surface area (Å²) in [6.45, 7) is 2.16. The Morgan fingerprint density at radius 2 is 1.87 bits per heavy atom. The third-order valence-electron chi connectivity index (χ3n) is 4.66. The summed E-state index contributed by atoms with van der Waals surface area (Å²) in [7, 11) is 0. The van der Waals surface area contributed by atoms with Crippen LogP contribution in [-0.2, 0) is 4.74 Å². The van der Waals surface area contributed by atoms with E-state index in [0.717, 1.165) is 30.3 Å². The molecule has 3 aromatic rings. The van der Waals surface area contributed by atoms with Crippen molar-refractivity contribution in [3.8, 4) is 0 Å². The van der Waals surface area contributed by atoms with Crippen molar-refractivity contribution in [1.29, 1.82) is 0 Å². The van der Waals surface area contributed by atoms with Gasteiger partial charge in [0.2, 0.25) is 0 Å². The maximum absolute atomic E-state index is 6.06. The molecular formula is C19H21N3O. The monoisotopic (exact) mass is 307 g/mol. The standard InChI is InChI=1S/C19H21N3O/c1-14-11-12-16(23-14)13-19(15-7-3-2-4-8-15)22-18-10-6-5-9-17(18)20-21-22/h2-10,14,16,19H,11-13H2,1H3. The van der Waals surface area contributed by atoms with Crippen LogP contribution in [0.4, 0.5) is 0 Å². The Kier molecular flexibility index (Phi) is 3.83. The van der Waals surface area contributed by atoms with E-state index in [1.807, 2.05) is 24.3 Å². The van der Waals surface area contributed by atoms with E-state index in [2.05, 4.69) is 52.2 Å². The third-order valence-corrected chi connectivity index (χ3v) is 4.66. The highest BCUT2D eigenvalue weighted by Gasteiger charge is 2.28. The van der Waals surface area contributed by atoms with Crippen LogP contribution in [-0.4, -0.2) is 27.2 Å². The molecule has 2 heterocycles. The molecular weight excluding hydrogens is 286 g/mol. The zero-order valence-corrected chi connectivity index (χ0v) is 13.3. The summed E-state index contributed by atoms with van der Waals surface area (Å²) in [5, 5.41) is 8.77. The fourth-order valence-corrected chi connectivity index (χ4v) is 3.48. The number of nitrogens with zero attached hydrogens (tertiary/aromatic N) is 3. The van der Waals surface area contributed by atoms with E-state index < -0.39 is 0 Å². The van der Waals surface area contributed by atoms with E-state index >= 15 is 0 Å². The fraction of sp³-hybridized carbons (Fsp3) is 0.368. The van der Waals surface area contributed by atoms with Crippen LogP contribution in [0.15, 0.2) is 54.6 Å². The molecule has 0 amide bonds. The second-order valence-corrected chi connectivity index (χ2v) is 6.33. The van der Waals surface area contributed by atoms with Crippen molar-refractivity contribution in [2.24, 2.45) is 0 Å². The van der Waals surface area contributed by atoms with Gasteiger partial charge in [-0.1, -0.05) is 47.7 Å². The van der Waals surface area contributed by atoms with Crippen LogP contribution < -0.4 is 0 Å². The predicted octanol–water partition coefficient (Wildman–Crippen LogP) is 3.98. The number of rotatable bonds is 4. The smallest absolute Gasteiger partial charge is 0.113 e. The molecule has 4 rings (SSSR count). The Hall–Kier alpha value is -2.20. The summed E-state index contributed by atoms with van der Waals surface area (Å²) < 4.78 is 8.11. The molecule has 4 heteroatoms. The Labute approximate surface area is 136 Å². The number of aromatic nitrogens is 3. The predicted molar refractivity (Wildman–Crippen MR) is 90.3 cm³/mol. The van der Waals surface area contributed by atoms with Gasteiger partial charge < -0.3 is 4.74 Å². The highest BCUT2D eigenvalue weighted by Crippen LogP contribution is 2.31. The van der Waals surface area contributed by atoms with E-state index in [1.54, 1.807) is 0 Å². The minimum absolute atomic E-state index is 0.152. The largest absolute Gasteiger partial charge is 0.375 e. The van der Waals surface area contributed by atoms with Gasteiger partial charge in [0, 0.05) is 6.42 Å². The van der Waals surface area contributed by atoms with Gasteiger partial charge in [-0.2, -0.15) is 0 Å². The third kappa shape index (κ3) is 2.86. The SMILES string of the molecule is CC1CCC(CC(c2ccccc2)n2nnc3ccccc32)O1. The number of hydrogen-bond donors (Lipinski definition) is 0. The molecule has 3 atom stereocenters. The van der Waals surface area contributed by atoms with Crippen molar-refractivity contribution in [2.45, 2.75) is 44.4 Å². The van der Waals surface area contributed by atoms with Gasteiger partial charge in [0.15, 0.2) is 0 Å². The zero-order chi connectivity index (χ0) is 15.6. The van der Waals surface area contributed by atoms with Crippen molar-refractivity contribution in [2.75, 3.05) is 0 Å². The van der Waals surface area contributed by atoms with Crippen molar-refractivity contribution < 1.29 is 4.74 Å². The number of fused-ring (bicyclic) bond motifs is 1. The minimum atomic E-state index is 0.152. The molecule has 0 spiro atoms. The van der Waals surface area contributed by atoms with Crippen LogP contribution >= 0.6 is 0 Å². The second-order valence-electron chi connectivity index (χ2n) is 6.33. The molecule has 0 saturated carbocycles. The molecule has 4 nitrogen and oxygen atoms in total. The lowest BCUT2D eigenvalue weighted by Crippen LogP contribution is -2.20. The number of para-hydroxylation sites is 1. The number of hydrogen-bond acceptors (Lipinski definition) is 3. The molecule has 1 fully saturated rings. The lowest BCUT2D eigenvalue weighted by molar-refractivity contribution is 0.0442. The molecule has 118 valence electrons. The van der Waals surface area contributed by atoms with Gasteiger partial charge in [0.05, 0.1) is 23.8 Å². The van der Waals surface area contributed by atoms with Gasteiger partial charge in [0.25, 0.3) is 0 Å². The first-order valence-electron chi connectivity index (χ1n) is 8.31. The minimum Gasteiger partial charge on any atom is -0.375 e. The molecule has 23 heavy (non-hydrogen) atoms. The van der Waals surface area contributed by atoms with E-state index in [4.69, 9.17) is 4.74 Å². The Morgan fingerprint density at radius 1 is 1.09 bits per heavy atom. The van der Waals surface area contributed by atoms with E-state index in [-0.39, 0.29) is 12.1 Å². The summed E-state index contributed by atoms with van der Waals surface area (Å²) in [6, 6.07) is 18.8. The molecule has 1 aliphatic heterocycles. The van der Waals surface area contributed by atoms with E-state index in [9.17, 15) is 0 Å². The van der Waals surface area contributed by atoms with Crippen molar-refractivity contribution in [1.82, 2.24) is 15.0 Å². The first-order valence-corrected chi connectivity index (χ1v) is 8.31. The average Bonchev–Trinajstić information content (AvgIpc) is 3.20. The van der Waals surface area contributed by atoms with Crippen LogP contribution in [0.2, 0.25) is 0 Å². The topological polar surface area (TPSA) is 39.9 Å². The molecule has 1 saturated heterocycles. The van der Waals surface area contributed by atoms with Gasteiger partial charge in [-0.15, -0.1) is 5.10 Å². The molecule has 1 aliphatic rings. The molecule has 0 aliphatic carbocycles. The maximum atomic E-state index is 6.06. The lowest BCUT2D eigenvalue weighted by Gasteiger charge is -2.22. The van der Waals surface area contributed by atoms with Crippen molar-refractivity contribution in [3.05, 3.63) is 60.2 Å². The van der Waals surface area contributed by atoms with Crippen molar-refractivity contribution >= 4 is 11.0 Å². The first-order chi connectivity index (χ1) is 11.3. The van der Waals surface area contributed by atoms with E-state index in [1.165, 1.54) is 5.56 Å². The second kappa shape index (κ2) is 6.13. The number of ether oxygens (including phenoxy) is 1. The van der Waals surface area contributed by atoms with Crippen LogP contribution in [0.3, 0.4) is 0 Å². The van der Waals surface area contributed by atoms with Crippen LogP contribution in [0, 0.1) is 0 Å². The quantitative estimate of drug-likeness (QED) is 0.732. The average molecular weight is 307 g/mol. The molecule has 3 unspecified atom stereocenters. The summed E-state index contributed by atoms with van der Waals surface area (Å²) in [5.41, 5.74) is 3.27. The first kappa shape index (κ1) is 14.4. The normalized spacial score (nSPS) is 22.5. The Balaban J connectivity index is 1.73. The fourth-order valence-electron chi connectivity index (χ4n) is 3.48. The van der Waals surface area contributed by atoms with Gasteiger partial charge in [-0.25, -0.2) is 4.68 Å². The summed E-state index contributed by atoms with van der Waals surface area (Å²) >= 11 is 0. The highest BCUT2D eigenvalue weighted by atomic mass is 16.5. The van der Waals surface area contributed by atoms with E-state index in [0.29, 0.717) is 6.10 Å². The zero-order valence-electron chi connectivity index (χ0n) is 13.3. The van der Waals surface area contributed by atoms with Gasteiger partial charge >= 0.3 is 0 Å². The summed E-state index contributed by atoms with van der Waals surface area (Å²) in [4.78, 5) is 0. The lowest BCUT2D eigenvalue weighted by atomic mass is 9.99. The maximum Gasteiger partial charge on any atom is 0.113 e. The summed E-state index contributed by atoms with van der Waals surface area (Å²) in [6.07, 6.45) is 3.85. The molecule has 1 aromatic heterocycles. The van der Waals surface area contributed by atoms with Crippen molar-refractivity contribution in [3.63, 3.8) is 0 Å². The molecule has 2 aromatic carbocycles.